The van der Waals surface area contributed by atoms with Gasteiger partial charge in [0.15, 0.2) is 5.75 Å². The van der Waals surface area contributed by atoms with E-state index >= 15 is 0 Å². The van der Waals surface area contributed by atoms with Crippen molar-refractivity contribution in [3.8, 4) is 11.8 Å². The Kier molecular flexibility index (Phi) is 4.70. The summed E-state index contributed by atoms with van der Waals surface area (Å²) >= 11 is 5.29. The maximum Gasteiger partial charge on any atom is 0.573 e. The first-order chi connectivity index (χ1) is 9.10. The molecule has 0 spiro atoms. The van der Waals surface area contributed by atoms with E-state index in [2.05, 4.69) is 9.72 Å². The number of hydrogen-bond donors (Lipinski definition) is 0. The largest absolute Gasteiger partial charge is 0.573 e. The Balaban J connectivity index is 3.52. The van der Waals surface area contributed by atoms with Gasteiger partial charge in [-0.15, -0.1) is 24.8 Å². The summed E-state index contributed by atoms with van der Waals surface area (Å²) in [4.78, 5) is 3.20. The molecule has 110 valence electrons. The summed E-state index contributed by atoms with van der Waals surface area (Å²) < 4.78 is 78.5. The van der Waals surface area contributed by atoms with E-state index in [9.17, 15) is 26.3 Å². The lowest BCUT2D eigenvalue weighted by molar-refractivity contribution is -0.275. The molecule has 0 atom stereocenters. The lowest BCUT2D eigenvalue weighted by Gasteiger charge is -2.18. The number of nitrogens with zero attached hydrogens (tertiary/aromatic N) is 2. The van der Waals surface area contributed by atoms with Crippen molar-refractivity contribution in [3.63, 3.8) is 0 Å². The van der Waals surface area contributed by atoms with Crippen LogP contribution in [0.15, 0.2) is 6.20 Å². The highest BCUT2D eigenvalue weighted by Gasteiger charge is 2.40. The molecule has 0 radical (unpaired) electrons. The zero-order valence-corrected chi connectivity index (χ0v) is 10.2. The van der Waals surface area contributed by atoms with Crippen molar-refractivity contribution in [2.75, 3.05) is 0 Å². The molecule has 0 aliphatic heterocycles. The summed E-state index contributed by atoms with van der Waals surface area (Å²) in [6.07, 6.45) is -10.7. The topological polar surface area (TPSA) is 45.9 Å². The van der Waals surface area contributed by atoms with Crippen LogP contribution in [0.1, 0.15) is 16.8 Å². The van der Waals surface area contributed by atoms with E-state index in [4.69, 9.17) is 16.9 Å². The standard InChI is InChI=1S/C10H5ClF6N2O/c11-3-6-8(9(12,13)14)5(1-2-18)7(4-19-6)20-10(15,16)17/h4H,1,3H2. The normalized spacial score (nSPS) is 12.1. The van der Waals surface area contributed by atoms with Crippen LogP contribution in [0.25, 0.3) is 0 Å². The molecule has 0 fully saturated rings. The molecule has 1 aromatic heterocycles. The molecule has 3 nitrogen and oxygen atoms in total. The maximum absolute atomic E-state index is 12.9. The second-order valence-electron chi connectivity index (χ2n) is 3.44. The van der Waals surface area contributed by atoms with Crippen LogP contribution in [-0.2, 0) is 18.5 Å². The van der Waals surface area contributed by atoms with E-state index < -0.39 is 47.4 Å². The molecule has 0 amide bonds. The first-order valence-corrected chi connectivity index (χ1v) is 5.40. The summed E-state index contributed by atoms with van der Waals surface area (Å²) in [5.74, 6) is -1.83. The third-order valence-electron chi connectivity index (χ3n) is 2.12. The quantitative estimate of drug-likeness (QED) is 0.629. The fourth-order valence-corrected chi connectivity index (χ4v) is 1.68. The summed E-state index contributed by atoms with van der Waals surface area (Å²) in [7, 11) is 0. The third-order valence-corrected chi connectivity index (χ3v) is 2.37. The van der Waals surface area contributed by atoms with Crippen molar-refractivity contribution in [3.05, 3.63) is 23.0 Å². The number of hydrogen-bond acceptors (Lipinski definition) is 3. The molecule has 0 unspecified atom stereocenters. The van der Waals surface area contributed by atoms with Crippen LogP contribution in [-0.4, -0.2) is 11.3 Å². The zero-order chi connectivity index (χ0) is 15.6. The molecule has 10 heteroatoms. The van der Waals surface area contributed by atoms with Gasteiger partial charge in [-0.3, -0.25) is 4.98 Å². The van der Waals surface area contributed by atoms with Crippen LogP contribution < -0.4 is 4.74 Å². The van der Waals surface area contributed by atoms with E-state index in [1.807, 2.05) is 0 Å². The molecule has 1 heterocycles. The number of halogens is 7. The molecule has 1 rings (SSSR count). The molecule has 0 aliphatic rings. The molecule has 1 aromatic rings. The van der Waals surface area contributed by atoms with E-state index in [1.165, 1.54) is 6.07 Å². The molecule has 0 aromatic carbocycles. The van der Waals surface area contributed by atoms with Crippen molar-refractivity contribution >= 4 is 11.6 Å². The third kappa shape index (κ3) is 3.90. The van der Waals surface area contributed by atoms with Gasteiger partial charge in [-0.2, -0.15) is 18.4 Å². The Morgan fingerprint density at radius 1 is 1.25 bits per heavy atom. The molecule has 20 heavy (non-hydrogen) atoms. The van der Waals surface area contributed by atoms with E-state index in [0.717, 1.165) is 0 Å². The minimum Gasteiger partial charge on any atom is -0.404 e. The highest BCUT2D eigenvalue weighted by atomic mass is 35.5. The second-order valence-corrected chi connectivity index (χ2v) is 3.70. The van der Waals surface area contributed by atoms with Crippen LogP contribution in [0.4, 0.5) is 26.3 Å². The monoisotopic (exact) mass is 318 g/mol. The highest BCUT2D eigenvalue weighted by Crippen LogP contribution is 2.39. The van der Waals surface area contributed by atoms with E-state index in [1.54, 1.807) is 0 Å². The number of aromatic nitrogens is 1. The van der Waals surface area contributed by atoms with E-state index in [-0.39, 0.29) is 0 Å². The second kappa shape index (κ2) is 5.75. The van der Waals surface area contributed by atoms with Gasteiger partial charge in [0, 0.05) is 5.56 Å². The summed E-state index contributed by atoms with van der Waals surface area (Å²) in [6, 6.07) is 1.36. The first kappa shape index (κ1) is 16.4. The minimum atomic E-state index is -5.20. The lowest BCUT2D eigenvalue weighted by atomic mass is 10.0. The zero-order valence-electron chi connectivity index (χ0n) is 9.44. The summed E-state index contributed by atoms with van der Waals surface area (Å²) in [5, 5.41) is 8.49. The first-order valence-electron chi connectivity index (χ1n) is 4.86. The van der Waals surface area contributed by atoms with Gasteiger partial charge in [0.1, 0.15) is 0 Å². The van der Waals surface area contributed by atoms with Crippen LogP contribution in [0.5, 0.6) is 5.75 Å². The molecular weight excluding hydrogens is 314 g/mol. The van der Waals surface area contributed by atoms with Crippen LogP contribution in [0.2, 0.25) is 0 Å². The molecule has 0 saturated heterocycles. The molecule has 0 saturated carbocycles. The SMILES string of the molecule is N#CCc1c(OC(F)(F)F)cnc(CCl)c1C(F)(F)F. The highest BCUT2D eigenvalue weighted by molar-refractivity contribution is 6.17. The fraction of sp³-hybridized carbons (Fsp3) is 0.400. The number of alkyl halides is 7. The molecule has 0 aliphatic carbocycles. The Morgan fingerprint density at radius 3 is 2.25 bits per heavy atom. The average Bonchev–Trinajstić information content (AvgIpc) is 2.27. The van der Waals surface area contributed by atoms with Gasteiger partial charge in [0.25, 0.3) is 0 Å². The van der Waals surface area contributed by atoms with Gasteiger partial charge in [-0.25, -0.2) is 0 Å². The molecule has 0 N–H and O–H groups in total. The van der Waals surface area contributed by atoms with Crippen molar-refractivity contribution in [1.29, 1.82) is 5.26 Å². The summed E-state index contributed by atoms with van der Waals surface area (Å²) in [6.45, 7) is 0. The molecular formula is C10H5ClF6N2O. The van der Waals surface area contributed by atoms with E-state index in [0.29, 0.717) is 6.20 Å². The number of ether oxygens (including phenoxy) is 1. The Morgan fingerprint density at radius 2 is 1.85 bits per heavy atom. The fourth-order valence-electron chi connectivity index (χ4n) is 1.48. The van der Waals surface area contributed by atoms with Crippen molar-refractivity contribution in [2.24, 2.45) is 0 Å². The van der Waals surface area contributed by atoms with Crippen LogP contribution >= 0.6 is 11.6 Å². The Labute approximate surface area is 113 Å². The summed E-state index contributed by atoms with van der Waals surface area (Å²) in [5.41, 5.74) is -3.09. The van der Waals surface area contributed by atoms with Gasteiger partial charge in [-0.1, -0.05) is 0 Å². The van der Waals surface area contributed by atoms with Gasteiger partial charge >= 0.3 is 12.5 Å². The van der Waals surface area contributed by atoms with Gasteiger partial charge in [0.2, 0.25) is 0 Å². The predicted octanol–water partition coefficient (Wildman–Crippen LogP) is 3.80. The van der Waals surface area contributed by atoms with Gasteiger partial charge in [-0.05, 0) is 0 Å². The average molecular weight is 319 g/mol. The van der Waals surface area contributed by atoms with Gasteiger partial charge < -0.3 is 4.74 Å². The lowest BCUT2D eigenvalue weighted by Crippen LogP contribution is -2.21. The van der Waals surface area contributed by atoms with Crippen LogP contribution in [0.3, 0.4) is 0 Å². The van der Waals surface area contributed by atoms with Crippen molar-refractivity contribution < 1.29 is 31.1 Å². The maximum atomic E-state index is 12.9. The Bertz CT molecular complexity index is 534. The van der Waals surface area contributed by atoms with Crippen LogP contribution in [0, 0.1) is 11.3 Å². The number of pyridine rings is 1. The van der Waals surface area contributed by atoms with Crippen molar-refractivity contribution in [1.82, 2.24) is 4.98 Å². The molecule has 0 bridgehead atoms. The number of nitriles is 1. The van der Waals surface area contributed by atoms with Crippen molar-refractivity contribution in [2.45, 2.75) is 24.8 Å². The Hall–Kier alpha value is -1.69. The number of rotatable bonds is 3. The minimum absolute atomic E-state index is 0.465. The van der Waals surface area contributed by atoms with Gasteiger partial charge in [0.05, 0.1) is 35.8 Å². The smallest absolute Gasteiger partial charge is 0.404 e. The predicted molar refractivity (Wildman–Crippen MR) is 54.8 cm³/mol.